The summed E-state index contributed by atoms with van der Waals surface area (Å²) in [6, 6.07) is 10.8. The number of aromatic nitrogens is 5. The maximum absolute atomic E-state index is 11.2. The van der Waals surface area contributed by atoms with Gasteiger partial charge in [0.2, 0.25) is 5.16 Å². The minimum Gasteiger partial charge on any atom is -0.466 e. The van der Waals surface area contributed by atoms with Crippen molar-refractivity contribution in [2.75, 3.05) is 25.4 Å². The predicted molar refractivity (Wildman–Crippen MR) is 129 cm³/mol. The highest BCUT2D eigenvalue weighted by Crippen LogP contribution is 2.38. The molecule has 1 aliphatic rings. The van der Waals surface area contributed by atoms with E-state index in [4.69, 9.17) is 4.74 Å². The molecule has 2 aromatic heterocycles. The normalized spacial score (nSPS) is 14.6. The van der Waals surface area contributed by atoms with Crippen LogP contribution >= 0.6 is 23.5 Å². The first-order valence-electron chi connectivity index (χ1n) is 11.0. The number of aromatic amines is 1. The van der Waals surface area contributed by atoms with Crippen molar-refractivity contribution < 1.29 is 9.53 Å². The molecule has 174 valence electrons. The molecule has 1 unspecified atom stereocenters. The van der Waals surface area contributed by atoms with Crippen molar-refractivity contribution in [2.45, 2.75) is 48.5 Å². The molecular formula is C23H28N6O2S2. The first kappa shape index (κ1) is 23.7. The van der Waals surface area contributed by atoms with Crippen LogP contribution in [0.5, 0.6) is 0 Å². The van der Waals surface area contributed by atoms with Gasteiger partial charge in [0.1, 0.15) is 0 Å². The molecule has 0 radical (unpaired) electrons. The maximum Gasteiger partial charge on any atom is 0.302 e. The Morgan fingerprint density at radius 3 is 2.91 bits per heavy atom. The number of benzene rings is 1. The van der Waals surface area contributed by atoms with Crippen LogP contribution in [0.2, 0.25) is 0 Å². The quantitative estimate of drug-likeness (QED) is 0.340. The molecule has 0 bridgehead atoms. The van der Waals surface area contributed by atoms with Gasteiger partial charge in [-0.1, -0.05) is 36.0 Å². The van der Waals surface area contributed by atoms with Crippen LogP contribution in [-0.2, 0) is 22.5 Å². The van der Waals surface area contributed by atoms with Gasteiger partial charge in [0.25, 0.3) is 0 Å². The molecule has 0 saturated carbocycles. The number of H-pyrrole nitrogens is 1. The Labute approximate surface area is 202 Å². The van der Waals surface area contributed by atoms with Crippen molar-refractivity contribution in [3.05, 3.63) is 58.9 Å². The number of ether oxygens (including phenoxy) is 1. The Hall–Kier alpha value is -2.43. The van der Waals surface area contributed by atoms with E-state index < -0.39 is 0 Å². The van der Waals surface area contributed by atoms with E-state index >= 15 is 0 Å². The molecule has 3 heterocycles. The zero-order valence-electron chi connectivity index (χ0n) is 18.9. The van der Waals surface area contributed by atoms with Gasteiger partial charge in [0.15, 0.2) is 0 Å². The molecule has 10 heteroatoms. The number of fused-ring (bicyclic) bond motifs is 1. The van der Waals surface area contributed by atoms with E-state index in [9.17, 15) is 4.79 Å². The van der Waals surface area contributed by atoms with Gasteiger partial charge < -0.3 is 4.74 Å². The van der Waals surface area contributed by atoms with E-state index in [1.54, 1.807) is 0 Å². The van der Waals surface area contributed by atoms with Crippen LogP contribution in [0.15, 0.2) is 46.6 Å². The number of thioether (sulfide) groups is 2. The van der Waals surface area contributed by atoms with Crippen LogP contribution in [-0.4, -0.2) is 61.9 Å². The van der Waals surface area contributed by atoms with E-state index in [2.05, 4.69) is 67.8 Å². The van der Waals surface area contributed by atoms with Crippen LogP contribution in [0.1, 0.15) is 41.0 Å². The number of carbonyl (C=O) groups is 1. The number of nitrogens with one attached hydrogen (secondary N) is 1. The number of rotatable bonds is 10. The van der Waals surface area contributed by atoms with Gasteiger partial charge in [-0.05, 0) is 47.7 Å². The average Bonchev–Trinajstić information content (AvgIpc) is 3.32. The molecule has 0 spiro atoms. The molecule has 1 aromatic carbocycles. The van der Waals surface area contributed by atoms with Crippen LogP contribution < -0.4 is 0 Å². The zero-order chi connectivity index (χ0) is 23.0. The van der Waals surface area contributed by atoms with Crippen LogP contribution in [0, 0.1) is 6.92 Å². The molecule has 0 fully saturated rings. The molecule has 0 amide bonds. The smallest absolute Gasteiger partial charge is 0.302 e. The molecule has 0 saturated heterocycles. The Balaban J connectivity index is 1.39. The summed E-state index contributed by atoms with van der Waals surface area (Å²) in [5, 5.41) is 14.8. The van der Waals surface area contributed by atoms with E-state index in [1.807, 2.05) is 18.0 Å². The average molecular weight is 485 g/mol. The highest BCUT2D eigenvalue weighted by atomic mass is 32.2. The highest BCUT2D eigenvalue weighted by Gasteiger charge is 2.22. The molecule has 1 aliphatic heterocycles. The van der Waals surface area contributed by atoms with Crippen molar-refractivity contribution >= 4 is 29.5 Å². The second-order valence-electron chi connectivity index (χ2n) is 7.89. The van der Waals surface area contributed by atoms with E-state index in [0.717, 1.165) is 43.1 Å². The lowest BCUT2D eigenvalue weighted by atomic mass is 10.0. The number of nitrogens with zero attached hydrogens (tertiary/aromatic N) is 5. The summed E-state index contributed by atoms with van der Waals surface area (Å²) in [6.45, 7) is 7.03. The van der Waals surface area contributed by atoms with Gasteiger partial charge >= 0.3 is 5.97 Å². The van der Waals surface area contributed by atoms with Gasteiger partial charge in [0.05, 0.1) is 17.6 Å². The van der Waals surface area contributed by atoms with Gasteiger partial charge in [-0.15, -0.1) is 22.0 Å². The van der Waals surface area contributed by atoms with Gasteiger partial charge in [-0.3, -0.25) is 14.7 Å². The predicted octanol–water partition coefficient (Wildman–Crippen LogP) is 3.84. The second-order valence-corrected chi connectivity index (χ2v) is 10.2. The summed E-state index contributed by atoms with van der Waals surface area (Å²) in [7, 11) is 0. The van der Waals surface area contributed by atoms with Crippen molar-refractivity contribution in [3.63, 3.8) is 0 Å². The Bertz CT molecular complexity index is 1060. The number of tetrazole rings is 1. The van der Waals surface area contributed by atoms with Crippen LogP contribution in [0.4, 0.5) is 0 Å². The third kappa shape index (κ3) is 6.55. The van der Waals surface area contributed by atoms with Crippen LogP contribution in [0.25, 0.3) is 0 Å². The Kier molecular flexibility index (Phi) is 8.35. The van der Waals surface area contributed by atoms with Crippen molar-refractivity contribution in [1.29, 1.82) is 0 Å². The minimum atomic E-state index is -0.285. The summed E-state index contributed by atoms with van der Waals surface area (Å²) in [5.74, 6) is 0.732. The molecule has 3 aromatic rings. The summed E-state index contributed by atoms with van der Waals surface area (Å²) >= 11 is 3.34. The van der Waals surface area contributed by atoms with Gasteiger partial charge in [0, 0.05) is 43.4 Å². The van der Waals surface area contributed by atoms with Crippen molar-refractivity contribution in [3.8, 4) is 0 Å². The SMILES string of the molecule is CC(=O)OCCC(Sc1nn[nH]n1)c1nccc(SCCN2CCc3ccccc3C2)c1C. The summed E-state index contributed by atoms with van der Waals surface area (Å²) < 4.78 is 5.19. The first-order valence-corrected chi connectivity index (χ1v) is 12.9. The lowest BCUT2D eigenvalue weighted by molar-refractivity contribution is -0.141. The maximum atomic E-state index is 11.2. The fourth-order valence-electron chi connectivity index (χ4n) is 3.93. The minimum absolute atomic E-state index is 0.0407. The third-order valence-electron chi connectivity index (χ3n) is 5.63. The molecular weight excluding hydrogens is 456 g/mol. The van der Waals surface area contributed by atoms with Gasteiger partial charge in [-0.25, -0.2) is 0 Å². The lowest BCUT2D eigenvalue weighted by Crippen LogP contribution is -2.32. The monoisotopic (exact) mass is 484 g/mol. The van der Waals surface area contributed by atoms with Crippen molar-refractivity contribution in [2.24, 2.45) is 0 Å². The molecule has 1 atom stereocenters. The first-order chi connectivity index (χ1) is 16.1. The number of carbonyl (C=O) groups excluding carboxylic acids is 1. The molecule has 4 rings (SSSR count). The van der Waals surface area contributed by atoms with Crippen LogP contribution in [0.3, 0.4) is 0 Å². The fourth-order valence-corrected chi connectivity index (χ4v) is 5.98. The van der Waals surface area contributed by atoms with Crippen molar-refractivity contribution in [1.82, 2.24) is 30.5 Å². The number of hydrogen-bond acceptors (Lipinski definition) is 9. The Morgan fingerprint density at radius 1 is 1.27 bits per heavy atom. The summed E-state index contributed by atoms with van der Waals surface area (Å²) in [5.41, 5.74) is 5.05. The molecule has 0 aliphatic carbocycles. The zero-order valence-corrected chi connectivity index (χ0v) is 20.5. The standard InChI is InChI=1S/C23H28N6O2S2/c1-16-20(32-14-12-29-11-8-18-5-3-4-6-19(18)15-29)7-10-24-22(16)21(9-13-31-17(2)30)33-23-25-27-28-26-23/h3-7,10,21H,8-9,11-15H2,1-2H3,(H,25,26,27,28). The topological polar surface area (TPSA) is 96.9 Å². The highest BCUT2D eigenvalue weighted by molar-refractivity contribution is 7.99. The van der Waals surface area contributed by atoms with E-state index in [0.29, 0.717) is 18.2 Å². The molecule has 33 heavy (non-hydrogen) atoms. The number of hydrogen-bond donors (Lipinski definition) is 1. The largest absolute Gasteiger partial charge is 0.466 e. The Morgan fingerprint density at radius 2 is 2.12 bits per heavy atom. The molecule has 1 N–H and O–H groups in total. The number of pyridine rings is 1. The summed E-state index contributed by atoms with van der Waals surface area (Å²) in [6.07, 6.45) is 3.60. The van der Waals surface area contributed by atoms with Gasteiger partial charge in [-0.2, -0.15) is 5.21 Å². The van der Waals surface area contributed by atoms with E-state index in [-0.39, 0.29) is 11.2 Å². The third-order valence-corrected chi connectivity index (χ3v) is 7.90. The van der Waals surface area contributed by atoms with E-state index in [1.165, 1.54) is 34.7 Å². The summed E-state index contributed by atoms with van der Waals surface area (Å²) in [4.78, 5) is 19.6. The lowest BCUT2D eigenvalue weighted by Gasteiger charge is -2.28. The fraction of sp³-hybridized carbons (Fsp3) is 0.435. The molecule has 8 nitrogen and oxygen atoms in total. The number of esters is 1. The second kappa shape index (κ2) is 11.6.